The van der Waals surface area contributed by atoms with E-state index in [1.165, 1.54) is 12.1 Å². The van der Waals surface area contributed by atoms with Crippen molar-refractivity contribution in [1.82, 2.24) is 9.78 Å². The van der Waals surface area contributed by atoms with Gasteiger partial charge in [0, 0.05) is 16.8 Å². The van der Waals surface area contributed by atoms with E-state index in [-0.39, 0.29) is 10.9 Å². The molecular formula is C12H8ClF3N2O2. The summed E-state index contributed by atoms with van der Waals surface area (Å²) in [4.78, 5) is 10.6. The lowest BCUT2D eigenvalue weighted by atomic mass is 10.2. The van der Waals surface area contributed by atoms with Gasteiger partial charge in [0.25, 0.3) is 0 Å². The minimum Gasteiger partial charge on any atom is -0.437 e. The van der Waals surface area contributed by atoms with Gasteiger partial charge in [-0.05, 0) is 25.1 Å². The van der Waals surface area contributed by atoms with E-state index in [0.29, 0.717) is 12.1 Å². The summed E-state index contributed by atoms with van der Waals surface area (Å²) in [5, 5.41) is 3.64. The van der Waals surface area contributed by atoms with Crippen LogP contribution in [0.25, 0.3) is 0 Å². The summed E-state index contributed by atoms with van der Waals surface area (Å²) in [7, 11) is 0. The Balaban J connectivity index is 2.40. The van der Waals surface area contributed by atoms with Crippen molar-refractivity contribution in [3.8, 4) is 11.6 Å². The normalized spacial score (nSPS) is 11.4. The summed E-state index contributed by atoms with van der Waals surface area (Å²) < 4.78 is 44.6. The maximum absolute atomic E-state index is 12.9. The lowest BCUT2D eigenvalue weighted by molar-refractivity contribution is -0.138. The van der Waals surface area contributed by atoms with Crippen LogP contribution in [0.1, 0.15) is 11.3 Å². The number of ether oxygens (including phenoxy) is 1. The number of alkyl halides is 3. The van der Waals surface area contributed by atoms with E-state index < -0.39 is 17.5 Å². The number of nitrogens with zero attached hydrogens (tertiary/aromatic N) is 2. The highest BCUT2D eigenvalue weighted by molar-refractivity contribution is 6.30. The summed E-state index contributed by atoms with van der Waals surface area (Å²) in [6, 6.07) is 4.49. The molecule has 0 aliphatic carbocycles. The third-order valence-corrected chi connectivity index (χ3v) is 2.70. The molecule has 0 saturated carbocycles. The fourth-order valence-electron chi connectivity index (χ4n) is 1.54. The lowest BCUT2D eigenvalue weighted by Gasteiger charge is -2.12. The van der Waals surface area contributed by atoms with Gasteiger partial charge < -0.3 is 4.74 Å². The molecular weight excluding hydrogens is 297 g/mol. The number of halogens is 4. The highest BCUT2D eigenvalue weighted by Crippen LogP contribution is 2.39. The van der Waals surface area contributed by atoms with E-state index in [1.807, 2.05) is 0 Å². The first-order valence-electron chi connectivity index (χ1n) is 5.37. The molecule has 0 bridgehead atoms. The number of aromatic nitrogens is 2. The van der Waals surface area contributed by atoms with Crippen LogP contribution in [0.4, 0.5) is 13.2 Å². The van der Waals surface area contributed by atoms with E-state index in [2.05, 4.69) is 5.10 Å². The van der Waals surface area contributed by atoms with Crippen LogP contribution in [0.5, 0.6) is 11.6 Å². The van der Waals surface area contributed by atoms with Crippen molar-refractivity contribution in [2.24, 2.45) is 0 Å². The number of carbonyl (C=O) groups is 1. The summed E-state index contributed by atoms with van der Waals surface area (Å²) in [6.07, 6.45) is -4.18. The molecule has 0 amide bonds. The zero-order valence-electron chi connectivity index (χ0n) is 10.1. The van der Waals surface area contributed by atoms with Crippen LogP contribution >= 0.6 is 11.6 Å². The molecule has 1 aromatic carbocycles. The quantitative estimate of drug-likeness (QED) is 0.812. The average Bonchev–Trinajstić information content (AvgIpc) is 2.70. The third-order valence-electron chi connectivity index (χ3n) is 2.46. The van der Waals surface area contributed by atoms with Gasteiger partial charge in [0.15, 0.2) is 0 Å². The van der Waals surface area contributed by atoms with Gasteiger partial charge in [-0.25, -0.2) is 4.68 Å². The second-order valence-corrected chi connectivity index (χ2v) is 4.35. The van der Waals surface area contributed by atoms with E-state index >= 15 is 0 Å². The van der Waals surface area contributed by atoms with Gasteiger partial charge in [-0.3, -0.25) is 4.79 Å². The van der Waals surface area contributed by atoms with Crippen molar-refractivity contribution in [3.63, 3.8) is 0 Å². The highest BCUT2D eigenvalue weighted by Gasteiger charge is 2.35. The minimum absolute atomic E-state index is 0.0562. The van der Waals surface area contributed by atoms with Crippen LogP contribution < -0.4 is 4.74 Å². The molecule has 1 heterocycles. The Morgan fingerprint density at radius 2 is 2.05 bits per heavy atom. The predicted molar refractivity (Wildman–Crippen MR) is 65.6 cm³/mol. The van der Waals surface area contributed by atoms with E-state index in [1.54, 1.807) is 6.92 Å². The minimum atomic E-state index is -4.61. The van der Waals surface area contributed by atoms with Crippen molar-refractivity contribution in [2.45, 2.75) is 13.1 Å². The molecule has 20 heavy (non-hydrogen) atoms. The average molecular weight is 305 g/mol. The molecule has 0 radical (unpaired) electrons. The molecule has 0 saturated heterocycles. The van der Waals surface area contributed by atoms with E-state index in [9.17, 15) is 18.0 Å². The Kier molecular flexibility index (Phi) is 3.71. The topological polar surface area (TPSA) is 44.1 Å². The molecule has 2 aromatic rings. The first kappa shape index (κ1) is 14.4. The number of carbonyl (C=O) groups excluding carboxylic acids is 1. The number of hydrogen-bond donors (Lipinski definition) is 0. The third kappa shape index (κ3) is 2.93. The molecule has 106 valence electrons. The number of hydrogen-bond acceptors (Lipinski definition) is 3. The summed E-state index contributed by atoms with van der Waals surface area (Å²) in [5.41, 5.74) is -0.569. The van der Waals surface area contributed by atoms with Crippen LogP contribution in [0.15, 0.2) is 24.3 Å². The fourth-order valence-corrected chi connectivity index (χ4v) is 1.71. The van der Waals surface area contributed by atoms with Gasteiger partial charge in [0.1, 0.15) is 5.75 Å². The van der Waals surface area contributed by atoms with Gasteiger partial charge >= 0.3 is 6.18 Å². The molecule has 2 rings (SSSR count). The first-order chi connectivity index (χ1) is 9.31. The molecule has 0 aliphatic rings. The Morgan fingerprint density at radius 3 is 2.60 bits per heavy atom. The van der Waals surface area contributed by atoms with Gasteiger partial charge in [0.05, 0.1) is 5.56 Å². The molecule has 0 atom stereocenters. The zero-order valence-corrected chi connectivity index (χ0v) is 10.9. The maximum atomic E-state index is 12.9. The molecule has 0 fully saturated rings. The Bertz CT molecular complexity index is 653. The number of aryl methyl sites for hydroxylation is 1. The Labute approximate surface area is 116 Å². The zero-order chi connectivity index (χ0) is 14.9. The Morgan fingerprint density at radius 1 is 1.35 bits per heavy atom. The monoisotopic (exact) mass is 304 g/mol. The van der Waals surface area contributed by atoms with E-state index in [0.717, 1.165) is 16.8 Å². The van der Waals surface area contributed by atoms with Crippen molar-refractivity contribution in [2.75, 3.05) is 0 Å². The second kappa shape index (κ2) is 5.16. The summed E-state index contributed by atoms with van der Waals surface area (Å²) in [5.74, 6) is -0.542. The molecule has 0 N–H and O–H groups in total. The summed E-state index contributed by atoms with van der Waals surface area (Å²) in [6.45, 7) is 1.57. The first-order valence-corrected chi connectivity index (χ1v) is 5.75. The summed E-state index contributed by atoms with van der Waals surface area (Å²) >= 11 is 5.56. The van der Waals surface area contributed by atoms with Gasteiger partial charge in [-0.15, -0.1) is 5.10 Å². The van der Waals surface area contributed by atoms with Gasteiger partial charge in [0.2, 0.25) is 12.3 Å². The number of rotatable bonds is 3. The maximum Gasteiger partial charge on any atom is 0.420 e. The molecule has 0 unspecified atom stereocenters. The fraction of sp³-hybridized carbons (Fsp3) is 0.167. The SMILES string of the molecule is Cc1cc(Oc2ccc(Cl)cc2C(F)(F)F)nn1C=O. The lowest BCUT2D eigenvalue weighted by Crippen LogP contribution is -2.07. The van der Waals surface area contributed by atoms with Crippen molar-refractivity contribution in [1.29, 1.82) is 0 Å². The second-order valence-electron chi connectivity index (χ2n) is 3.91. The molecule has 1 aromatic heterocycles. The standard InChI is InChI=1S/C12H8ClF3N2O2/c1-7-4-11(17-18(7)6-19)20-10-3-2-8(13)5-9(10)12(14,15)16/h2-6H,1H3. The molecule has 0 spiro atoms. The smallest absolute Gasteiger partial charge is 0.420 e. The van der Waals surface area contributed by atoms with Crippen LogP contribution in [0.3, 0.4) is 0 Å². The van der Waals surface area contributed by atoms with Crippen molar-refractivity contribution < 1.29 is 22.7 Å². The largest absolute Gasteiger partial charge is 0.437 e. The molecule has 0 aliphatic heterocycles. The Hall–Kier alpha value is -2.02. The van der Waals surface area contributed by atoms with E-state index in [4.69, 9.17) is 16.3 Å². The van der Waals surface area contributed by atoms with Crippen LogP contribution in [0.2, 0.25) is 5.02 Å². The van der Waals surface area contributed by atoms with Gasteiger partial charge in [-0.1, -0.05) is 11.6 Å². The van der Waals surface area contributed by atoms with Gasteiger partial charge in [-0.2, -0.15) is 13.2 Å². The van der Waals surface area contributed by atoms with Crippen molar-refractivity contribution >= 4 is 18.0 Å². The van der Waals surface area contributed by atoms with Crippen molar-refractivity contribution in [3.05, 3.63) is 40.5 Å². The van der Waals surface area contributed by atoms with Crippen LogP contribution in [0, 0.1) is 6.92 Å². The molecule has 8 heteroatoms. The number of benzene rings is 1. The predicted octanol–water partition coefficient (Wildman–Crippen LogP) is 3.69. The van der Waals surface area contributed by atoms with Crippen LogP contribution in [-0.2, 0) is 11.0 Å². The van der Waals surface area contributed by atoms with Crippen LogP contribution in [-0.4, -0.2) is 16.2 Å². The highest BCUT2D eigenvalue weighted by atomic mass is 35.5. The molecule has 4 nitrogen and oxygen atoms in total.